The first-order chi connectivity index (χ1) is 24.8. The number of hydrogen-bond donors (Lipinski definition) is 1. The molecule has 0 unspecified atom stereocenters. The van der Waals surface area contributed by atoms with Crippen molar-refractivity contribution in [2.75, 3.05) is 31.1 Å². The number of nitrogens with zero attached hydrogens (tertiary/aromatic N) is 6. The summed E-state index contributed by atoms with van der Waals surface area (Å²) in [5.41, 5.74) is 2.06. The monoisotopic (exact) mass is 715 g/mol. The van der Waals surface area contributed by atoms with Gasteiger partial charge in [-0.05, 0) is 91.5 Å². The minimum Gasteiger partial charge on any atom is -0.490 e. The summed E-state index contributed by atoms with van der Waals surface area (Å²) in [6.45, 7) is 15.2. The molecular formula is C39H50FN7O5. The molecule has 2 aromatic heterocycles. The van der Waals surface area contributed by atoms with E-state index in [0.717, 1.165) is 69.7 Å². The Morgan fingerprint density at radius 2 is 1.87 bits per heavy atom. The van der Waals surface area contributed by atoms with Crippen LogP contribution in [-0.2, 0) is 17.7 Å². The molecule has 4 heterocycles. The van der Waals surface area contributed by atoms with E-state index < -0.39 is 11.4 Å². The summed E-state index contributed by atoms with van der Waals surface area (Å²) in [7, 11) is 0. The van der Waals surface area contributed by atoms with Crippen molar-refractivity contribution in [1.82, 2.24) is 30.1 Å². The van der Waals surface area contributed by atoms with Gasteiger partial charge in [-0.3, -0.25) is 14.7 Å². The number of rotatable bonds is 10. The van der Waals surface area contributed by atoms with E-state index in [1.165, 1.54) is 30.1 Å². The van der Waals surface area contributed by atoms with Crippen LogP contribution >= 0.6 is 0 Å². The van der Waals surface area contributed by atoms with Gasteiger partial charge in [0.25, 0.3) is 5.91 Å². The largest absolute Gasteiger partial charge is 0.490 e. The van der Waals surface area contributed by atoms with Crippen LogP contribution < -0.4 is 19.7 Å². The average molecular weight is 716 g/mol. The normalized spacial score (nSPS) is 21.0. The van der Waals surface area contributed by atoms with Gasteiger partial charge in [0, 0.05) is 80.1 Å². The molecule has 278 valence electrons. The lowest BCUT2D eigenvalue weighted by atomic mass is 9.61. The van der Waals surface area contributed by atoms with Crippen molar-refractivity contribution in [1.29, 1.82) is 0 Å². The zero-order valence-corrected chi connectivity index (χ0v) is 31.0. The predicted molar refractivity (Wildman–Crippen MR) is 193 cm³/mol. The lowest BCUT2D eigenvalue weighted by molar-refractivity contribution is -0.0355. The van der Waals surface area contributed by atoms with Crippen molar-refractivity contribution in [2.45, 2.75) is 110 Å². The fraction of sp³-hybridized carbons (Fsp3) is 0.564. The van der Waals surface area contributed by atoms with Crippen LogP contribution in [0.3, 0.4) is 0 Å². The Hall–Kier alpha value is -4.52. The summed E-state index contributed by atoms with van der Waals surface area (Å²) in [5, 5.41) is 3.01. The Labute approximate surface area is 305 Å². The Morgan fingerprint density at radius 1 is 1.10 bits per heavy atom. The second-order valence-corrected chi connectivity index (χ2v) is 16.1. The first kappa shape index (κ1) is 35.9. The number of fused-ring (bicyclic) bond motifs is 1. The van der Waals surface area contributed by atoms with E-state index in [0.29, 0.717) is 24.2 Å². The average Bonchev–Trinajstić information content (AvgIpc) is 3.03. The van der Waals surface area contributed by atoms with Gasteiger partial charge < -0.3 is 29.3 Å². The van der Waals surface area contributed by atoms with Gasteiger partial charge in [-0.25, -0.2) is 19.2 Å². The zero-order chi connectivity index (χ0) is 36.8. The highest BCUT2D eigenvalue weighted by atomic mass is 19.1. The first-order valence-electron chi connectivity index (χ1n) is 18.5. The zero-order valence-electron chi connectivity index (χ0n) is 31.0. The van der Waals surface area contributed by atoms with E-state index in [1.54, 1.807) is 11.1 Å². The number of amides is 2. The Balaban J connectivity index is 0.939. The lowest BCUT2D eigenvalue weighted by Crippen LogP contribution is -2.65. The van der Waals surface area contributed by atoms with Crippen molar-refractivity contribution in [3.05, 3.63) is 65.6 Å². The third-order valence-corrected chi connectivity index (χ3v) is 10.7. The van der Waals surface area contributed by atoms with Gasteiger partial charge in [0.05, 0.1) is 11.8 Å². The number of alkyl carbamates (subject to hydrolysis) is 1. The van der Waals surface area contributed by atoms with E-state index in [2.05, 4.69) is 30.1 Å². The van der Waals surface area contributed by atoms with Crippen molar-refractivity contribution >= 4 is 17.8 Å². The van der Waals surface area contributed by atoms with Crippen molar-refractivity contribution in [3.8, 4) is 17.2 Å². The first-order valence-corrected chi connectivity index (χ1v) is 18.5. The molecule has 1 aromatic carbocycles. The highest BCUT2D eigenvalue weighted by Gasteiger charge is 2.54. The molecule has 4 aliphatic rings. The molecule has 2 amide bonds. The van der Waals surface area contributed by atoms with Crippen LogP contribution in [0.1, 0.15) is 88.8 Å². The number of ether oxygens (including phenoxy) is 3. The van der Waals surface area contributed by atoms with E-state index in [-0.39, 0.29) is 46.9 Å². The van der Waals surface area contributed by atoms with Crippen LogP contribution in [0.2, 0.25) is 0 Å². The van der Waals surface area contributed by atoms with E-state index in [9.17, 15) is 14.0 Å². The molecular weight excluding hydrogens is 665 g/mol. The number of hydrogen-bond acceptors (Lipinski definition) is 10. The summed E-state index contributed by atoms with van der Waals surface area (Å²) in [6.07, 6.45) is 9.27. The van der Waals surface area contributed by atoms with Crippen molar-refractivity contribution < 1.29 is 28.2 Å². The van der Waals surface area contributed by atoms with E-state index >= 15 is 0 Å². The summed E-state index contributed by atoms with van der Waals surface area (Å²) in [4.78, 5) is 45.3. The van der Waals surface area contributed by atoms with Crippen LogP contribution in [0.4, 0.5) is 15.0 Å². The van der Waals surface area contributed by atoms with Crippen molar-refractivity contribution in [3.63, 3.8) is 0 Å². The van der Waals surface area contributed by atoms with Crippen LogP contribution in [0.15, 0.2) is 43.0 Å². The fourth-order valence-corrected chi connectivity index (χ4v) is 8.07. The molecule has 1 N–H and O–H groups in total. The number of carbonyl (C=O) groups excluding carboxylic acids is 2. The lowest BCUT2D eigenvalue weighted by Gasteiger charge is -2.59. The maximum Gasteiger partial charge on any atom is 0.407 e. The molecule has 1 spiro atoms. The minimum absolute atomic E-state index is 0.0489. The second kappa shape index (κ2) is 14.1. The van der Waals surface area contributed by atoms with Crippen LogP contribution in [0.25, 0.3) is 0 Å². The molecule has 3 fully saturated rings. The smallest absolute Gasteiger partial charge is 0.407 e. The molecule has 0 radical (unpaired) electrons. The van der Waals surface area contributed by atoms with Gasteiger partial charge >= 0.3 is 6.09 Å². The number of carbonyl (C=O) groups is 2. The highest BCUT2D eigenvalue weighted by molar-refractivity contribution is 5.97. The molecule has 12 nitrogen and oxygen atoms in total. The van der Waals surface area contributed by atoms with Crippen LogP contribution in [-0.4, -0.2) is 92.8 Å². The van der Waals surface area contributed by atoms with E-state index in [4.69, 9.17) is 14.2 Å². The van der Waals surface area contributed by atoms with Gasteiger partial charge in [-0.2, -0.15) is 0 Å². The van der Waals surface area contributed by atoms with E-state index in [1.807, 2.05) is 53.8 Å². The summed E-state index contributed by atoms with van der Waals surface area (Å²) in [6, 6.07) is 6.50. The number of anilines is 1. The van der Waals surface area contributed by atoms with Crippen molar-refractivity contribution in [2.24, 2.45) is 5.41 Å². The van der Waals surface area contributed by atoms with Crippen LogP contribution in [0, 0.1) is 11.2 Å². The quantitative estimate of drug-likeness (QED) is 0.262. The number of pyridine rings is 1. The number of nitrogens with one attached hydrogen (secondary N) is 1. The SMILES string of the molecule is CCN(C(=O)c1cc(F)ccc1Oc1cncnc1N1CC2(CC(Oc3ccnc4c3CN(C3CC(NC(=O)OC(C)(C)C)C3)CC4)C2)C1)C(C)C. The van der Waals surface area contributed by atoms with Gasteiger partial charge in [0.1, 0.15) is 35.3 Å². The summed E-state index contributed by atoms with van der Waals surface area (Å²) >= 11 is 0. The second-order valence-electron chi connectivity index (χ2n) is 16.1. The highest BCUT2D eigenvalue weighted by Crippen LogP contribution is 2.52. The number of benzene rings is 1. The molecule has 13 heteroatoms. The Kier molecular flexibility index (Phi) is 9.75. The molecule has 3 aromatic rings. The molecule has 2 saturated carbocycles. The summed E-state index contributed by atoms with van der Waals surface area (Å²) in [5.74, 6) is 1.46. The van der Waals surface area contributed by atoms with Gasteiger partial charge in [-0.15, -0.1) is 0 Å². The van der Waals surface area contributed by atoms with Crippen LogP contribution in [0.5, 0.6) is 17.2 Å². The van der Waals surface area contributed by atoms with Gasteiger partial charge in [-0.1, -0.05) is 0 Å². The van der Waals surface area contributed by atoms with Gasteiger partial charge in [0.15, 0.2) is 11.6 Å². The fourth-order valence-electron chi connectivity index (χ4n) is 8.07. The maximum atomic E-state index is 14.3. The maximum absolute atomic E-state index is 14.3. The number of aromatic nitrogens is 3. The van der Waals surface area contributed by atoms with Gasteiger partial charge in [0.2, 0.25) is 0 Å². The molecule has 2 aliphatic carbocycles. The predicted octanol–water partition coefficient (Wildman–Crippen LogP) is 6.14. The third kappa shape index (κ3) is 7.51. The number of halogens is 1. The molecule has 2 aliphatic heterocycles. The molecule has 1 saturated heterocycles. The third-order valence-electron chi connectivity index (χ3n) is 10.7. The molecule has 7 rings (SSSR count). The molecule has 0 atom stereocenters. The molecule has 0 bridgehead atoms. The standard InChI is InChI=1S/C39H50FN7O5/c1-7-47(24(2)3)36(48)29-14-25(40)8-9-32(29)51-34-19-41-23-43-35(34)46-21-39(22-46)17-28(18-39)50-33-10-12-42-31-11-13-45(20-30(31)33)27-15-26(16-27)44-37(49)52-38(4,5)6/h8-10,12,14,19,23-24,26-28H,7,11,13,15-18,20-22H2,1-6H3,(H,44,49). The topological polar surface area (TPSA) is 122 Å². The Morgan fingerprint density at radius 3 is 2.58 bits per heavy atom. The Bertz CT molecular complexity index is 1800. The minimum atomic E-state index is -0.508. The summed E-state index contributed by atoms with van der Waals surface area (Å²) < 4.78 is 32.7. The molecule has 52 heavy (non-hydrogen) atoms.